The van der Waals surface area contributed by atoms with E-state index in [9.17, 15) is 14.7 Å². The van der Waals surface area contributed by atoms with E-state index in [0.29, 0.717) is 12.0 Å². The van der Waals surface area contributed by atoms with Gasteiger partial charge in [-0.2, -0.15) is 0 Å². The van der Waals surface area contributed by atoms with Crippen LogP contribution >= 0.6 is 12.2 Å². The van der Waals surface area contributed by atoms with Gasteiger partial charge < -0.3 is 10.4 Å². The number of amides is 1. The highest BCUT2D eigenvalue weighted by atomic mass is 32.1. The third-order valence-corrected chi connectivity index (χ3v) is 3.37. The molecule has 20 heavy (non-hydrogen) atoms. The van der Waals surface area contributed by atoms with E-state index in [2.05, 4.69) is 11.9 Å². The smallest absolute Gasteiger partial charge is 0.259 e. The first-order chi connectivity index (χ1) is 9.52. The Morgan fingerprint density at radius 3 is 2.55 bits per heavy atom. The molecule has 4 nitrogen and oxygen atoms in total. The van der Waals surface area contributed by atoms with Gasteiger partial charge >= 0.3 is 0 Å². The summed E-state index contributed by atoms with van der Waals surface area (Å²) in [6.45, 7) is 3.59. The molecule has 2 N–H and O–H groups in total. The molecule has 1 aromatic carbocycles. The van der Waals surface area contributed by atoms with Gasteiger partial charge in [-0.15, -0.1) is 6.58 Å². The second kappa shape index (κ2) is 5.79. The van der Waals surface area contributed by atoms with Gasteiger partial charge in [0.2, 0.25) is 0 Å². The van der Waals surface area contributed by atoms with Crippen molar-refractivity contribution in [2.45, 2.75) is 6.42 Å². The van der Waals surface area contributed by atoms with Gasteiger partial charge in [-0.05, 0) is 30.2 Å². The molecule has 2 rings (SSSR count). The van der Waals surface area contributed by atoms with E-state index >= 15 is 0 Å². The summed E-state index contributed by atoms with van der Waals surface area (Å²) < 4.78 is 0. The van der Waals surface area contributed by atoms with E-state index in [4.69, 9.17) is 12.2 Å². The van der Waals surface area contributed by atoms with Crippen LogP contribution < -0.4 is 5.32 Å². The van der Waals surface area contributed by atoms with Gasteiger partial charge in [-0.1, -0.05) is 30.4 Å². The van der Waals surface area contributed by atoms with Crippen LogP contribution in [0.5, 0.6) is 5.75 Å². The number of phenols is 1. The number of phenolic OH excluding ortho intramolecular Hbond substituents is 1. The van der Waals surface area contributed by atoms with E-state index in [1.165, 1.54) is 18.2 Å². The SMILES string of the molecule is C=CCC1C(=O)C(=Cc2ccc(O)cc2)C(=O)NC1=S. The lowest BCUT2D eigenvalue weighted by Gasteiger charge is -2.23. The summed E-state index contributed by atoms with van der Waals surface area (Å²) >= 11 is 5.02. The van der Waals surface area contributed by atoms with Gasteiger partial charge in [0.25, 0.3) is 5.91 Å². The summed E-state index contributed by atoms with van der Waals surface area (Å²) in [7, 11) is 0. The predicted molar refractivity (Wildman–Crippen MR) is 80.1 cm³/mol. The van der Waals surface area contributed by atoms with Gasteiger partial charge in [0.05, 0.1) is 16.5 Å². The third kappa shape index (κ3) is 2.83. The zero-order valence-corrected chi connectivity index (χ0v) is 11.4. The lowest BCUT2D eigenvalue weighted by molar-refractivity contribution is -0.124. The van der Waals surface area contributed by atoms with Gasteiger partial charge in [0, 0.05) is 0 Å². The van der Waals surface area contributed by atoms with Crippen LogP contribution in [0.4, 0.5) is 0 Å². The van der Waals surface area contributed by atoms with Crippen molar-refractivity contribution in [2.24, 2.45) is 5.92 Å². The molecule has 0 aliphatic carbocycles. The monoisotopic (exact) mass is 287 g/mol. The van der Waals surface area contributed by atoms with Crippen molar-refractivity contribution < 1.29 is 14.7 Å². The number of benzene rings is 1. The topological polar surface area (TPSA) is 66.4 Å². The zero-order valence-electron chi connectivity index (χ0n) is 10.6. The van der Waals surface area contributed by atoms with Crippen molar-refractivity contribution in [3.63, 3.8) is 0 Å². The Morgan fingerprint density at radius 1 is 1.30 bits per heavy atom. The summed E-state index contributed by atoms with van der Waals surface area (Å²) in [5.74, 6) is -1.21. The van der Waals surface area contributed by atoms with Crippen LogP contribution in [-0.4, -0.2) is 21.8 Å². The lowest BCUT2D eigenvalue weighted by Crippen LogP contribution is -2.46. The summed E-state index contributed by atoms with van der Waals surface area (Å²) in [5.41, 5.74) is 0.725. The summed E-state index contributed by atoms with van der Waals surface area (Å²) in [4.78, 5) is 24.4. The van der Waals surface area contributed by atoms with Crippen LogP contribution in [0.3, 0.4) is 0 Å². The molecule has 0 bridgehead atoms. The number of nitrogens with one attached hydrogen (secondary N) is 1. The fraction of sp³-hybridized carbons (Fsp3) is 0.133. The molecule has 0 spiro atoms. The maximum atomic E-state index is 12.3. The van der Waals surface area contributed by atoms with Crippen molar-refractivity contribution in [1.29, 1.82) is 0 Å². The molecule has 1 atom stereocenters. The second-order valence-corrected chi connectivity index (χ2v) is 4.85. The van der Waals surface area contributed by atoms with E-state index in [1.807, 2.05) is 0 Å². The molecule has 0 aromatic heterocycles. The van der Waals surface area contributed by atoms with E-state index in [1.54, 1.807) is 18.2 Å². The van der Waals surface area contributed by atoms with Crippen molar-refractivity contribution in [2.75, 3.05) is 0 Å². The molecule has 1 unspecified atom stereocenters. The highest BCUT2D eigenvalue weighted by molar-refractivity contribution is 7.80. The highest BCUT2D eigenvalue weighted by Crippen LogP contribution is 2.21. The Morgan fingerprint density at radius 2 is 1.95 bits per heavy atom. The van der Waals surface area contributed by atoms with Gasteiger partial charge in [0.15, 0.2) is 5.78 Å². The van der Waals surface area contributed by atoms with E-state index in [-0.39, 0.29) is 22.1 Å². The Bertz CT molecular complexity index is 617. The standard InChI is InChI=1S/C15H13NO3S/c1-2-3-11-13(18)12(14(19)16-15(11)20)8-9-4-6-10(17)7-5-9/h2,4-8,11,17H,1,3H2,(H,16,19,20). The molecule has 1 aliphatic heterocycles. The van der Waals surface area contributed by atoms with E-state index in [0.717, 1.165) is 0 Å². The predicted octanol–water partition coefficient (Wildman–Crippen LogP) is 1.99. The lowest BCUT2D eigenvalue weighted by atomic mass is 9.89. The number of carbonyl (C=O) groups excluding carboxylic acids is 2. The average Bonchev–Trinajstić information content (AvgIpc) is 2.41. The molecule has 1 amide bonds. The number of carbonyl (C=O) groups is 2. The summed E-state index contributed by atoms with van der Waals surface area (Å²) in [6, 6.07) is 6.23. The number of rotatable bonds is 3. The Balaban J connectivity index is 2.36. The molecule has 1 heterocycles. The Kier molecular flexibility index (Phi) is 4.10. The first kappa shape index (κ1) is 14.1. The van der Waals surface area contributed by atoms with Crippen LogP contribution in [0.25, 0.3) is 6.08 Å². The summed E-state index contributed by atoms with van der Waals surface area (Å²) in [5, 5.41) is 11.8. The number of piperidine rings is 1. The van der Waals surface area contributed by atoms with Crippen LogP contribution in [0.2, 0.25) is 0 Å². The molecule has 1 saturated heterocycles. The third-order valence-electron chi connectivity index (χ3n) is 2.99. The molecule has 1 aliphatic rings. The fourth-order valence-electron chi connectivity index (χ4n) is 1.94. The highest BCUT2D eigenvalue weighted by Gasteiger charge is 2.34. The van der Waals surface area contributed by atoms with Gasteiger partial charge in [-0.3, -0.25) is 9.59 Å². The molecule has 102 valence electrons. The zero-order chi connectivity index (χ0) is 14.7. The number of hydrogen-bond donors (Lipinski definition) is 2. The Labute approximate surface area is 121 Å². The van der Waals surface area contributed by atoms with Crippen molar-refractivity contribution in [3.8, 4) is 5.75 Å². The first-order valence-corrected chi connectivity index (χ1v) is 6.45. The molecule has 1 fully saturated rings. The molecular formula is C15H13NO3S. The van der Waals surface area contributed by atoms with E-state index < -0.39 is 11.8 Å². The largest absolute Gasteiger partial charge is 0.508 e. The molecule has 0 saturated carbocycles. The maximum absolute atomic E-state index is 12.3. The van der Waals surface area contributed by atoms with Crippen molar-refractivity contribution in [3.05, 3.63) is 48.1 Å². The van der Waals surface area contributed by atoms with Crippen LogP contribution in [0.15, 0.2) is 42.5 Å². The number of hydrogen-bond acceptors (Lipinski definition) is 4. The van der Waals surface area contributed by atoms with Crippen molar-refractivity contribution in [1.82, 2.24) is 5.32 Å². The molecule has 1 aromatic rings. The molecule has 0 radical (unpaired) electrons. The average molecular weight is 287 g/mol. The molecule has 5 heteroatoms. The minimum absolute atomic E-state index is 0.0659. The number of allylic oxidation sites excluding steroid dienone is 1. The number of thiocarbonyl (C=S) groups is 1. The van der Waals surface area contributed by atoms with Crippen molar-refractivity contribution >= 4 is 35.0 Å². The second-order valence-electron chi connectivity index (χ2n) is 4.41. The number of ketones is 1. The maximum Gasteiger partial charge on any atom is 0.259 e. The van der Waals surface area contributed by atoms with Gasteiger partial charge in [0.1, 0.15) is 5.75 Å². The summed E-state index contributed by atoms with van der Waals surface area (Å²) in [6.07, 6.45) is 3.49. The first-order valence-electron chi connectivity index (χ1n) is 6.04. The minimum atomic E-state index is -0.538. The fourth-order valence-corrected chi connectivity index (χ4v) is 2.24. The van der Waals surface area contributed by atoms with Crippen LogP contribution in [0, 0.1) is 5.92 Å². The van der Waals surface area contributed by atoms with Crippen LogP contribution in [0.1, 0.15) is 12.0 Å². The number of aromatic hydroxyl groups is 1. The Hall–Kier alpha value is -2.27. The molecular weight excluding hydrogens is 274 g/mol. The van der Waals surface area contributed by atoms with Crippen LogP contribution in [-0.2, 0) is 9.59 Å². The quantitative estimate of drug-likeness (QED) is 0.386. The minimum Gasteiger partial charge on any atom is -0.508 e. The van der Waals surface area contributed by atoms with Gasteiger partial charge in [-0.25, -0.2) is 0 Å². The normalized spacial score (nSPS) is 20.9. The number of Topliss-reactive ketones (excluding diaryl/α,β-unsaturated/α-hetero) is 1.